The summed E-state index contributed by atoms with van der Waals surface area (Å²) in [6.45, 7) is 3.14. The SMILES string of the molecule is CCS(=O)C1CCCC(NC(=NC)NCc2ccc(F)c(CN(C)C)c2)C1.I. The quantitative estimate of drug-likeness (QED) is 0.327. The molecule has 160 valence electrons. The largest absolute Gasteiger partial charge is 0.354 e. The van der Waals surface area contributed by atoms with Crippen LogP contribution in [0.4, 0.5) is 4.39 Å². The van der Waals surface area contributed by atoms with E-state index in [1.54, 1.807) is 13.1 Å². The number of halogens is 2. The minimum Gasteiger partial charge on any atom is -0.354 e. The van der Waals surface area contributed by atoms with E-state index >= 15 is 0 Å². The third-order valence-corrected chi connectivity index (χ3v) is 6.64. The second-order valence-electron chi connectivity index (χ2n) is 7.39. The van der Waals surface area contributed by atoms with Gasteiger partial charge in [-0.3, -0.25) is 9.20 Å². The molecule has 1 aliphatic carbocycles. The van der Waals surface area contributed by atoms with Gasteiger partial charge in [0.15, 0.2) is 5.96 Å². The van der Waals surface area contributed by atoms with Crippen molar-refractivity contribution in [3.05, 3.63) is 35.1 Å². The molecule has 0 spiro atoms. The van der Waals surface area contributed by atoms with Crippen molar-refractivity contribution in [2.24, 2.45) is 4.99 Å². The maximum absolute atomic E-state index is 13.9. The predicted octanol–water partition coefficient (Wildman–Crippen LogP) is 3.25. The lowest BCUT2D eigenvalue weighted by molar-refractivity contribution is 0.392. The standard InChI is InChI=1S/C20H33FN4OS.HI/c1-5-27(26)18-8-6-7-17(12-18)24-20(22-2)23-13-15-9-10-19(21)16(11-15)14-25(3)4;/h9-11,17-18H,5-8,12-14H2,1-4H3,(H2,22,23,24);1H. The number of nitrogens with one attached hydrogen (secondary N) is 2. The molecule has 5 nitrogen and oxygen atoms in total. The molecule has 2 N–H and O–H groups in total. The lowest BCUT2D eigenvalue weighted by Crippen LogP contribution is -2.46. The van der Waals surface area contributed by atoms with Crippen molar-refractivity contribution >= 4 is 40.7 Å². The molecule has 3 atom stereocenters. The second-order valence-corrected chi connectivity index (χ2v) is 9.39. The number of guanidine groups is 1. The molecule has 1 aromatic carbocycles. The van der Waals surface area contributed by atoms with Crippen molar-refractivity contribution < 1.29 is 8.60 Å². The zero-order chi connectivity index (χ0) is 19.8. The first kappa shape index (κ1) is 25.3. The fraction of sp³-hybridized carbons (Fsp3) is 0.650. The average Bonchev–Trinajstić information content (AvgIpc) is 2.66. The molecule has 8 heteroatoms. The summed E-state index contributed by atoms with van der Waals surface area (Å²) >= 11 is 0. The summed E-state index contributed by atoms with van der Waals surface area (Å²) in [4.78, 5) is 6.27. The molecule has 1 aromatic rings. The van der Waals surface area contributed by atoms with Crippen molar-refractivity contribution in [3.8, 4) is 0 Å². The van der Waals surface area contributed by atoms with Gasteiger partial charge in [0.1, 0.15) is 5.82 Å². The van der Waals surface area contributed by atoms with E-state index in [4.69, 9.17) is 0 Å². The highest BCUT2D eigenvalue weighted by atomic mass is 127. The average molecular weight is 524 g/mol. The summed E-state index contributed by atoms with van der Waals surface area (Å²) in [7, 11) is 4.88. The van der Waals surface area contributed by atoms with Crippen LogP contribution in [-0.2, 0) is 23.9 Å². The van der Waals surface area contributed by atoms with E-state index in [0.29, 0.717) is 24.7 Å². The monoisotopic (exact) mass is 524 g/mol. The van der Waals surface area contributed by atoms with Crippen molar-refractivity contribution in [2.75, 3.05) is 26.9 Å². The van der Waals surface area contributed by atoms with Gasteiger partial charge in [-0.05, 0) is 51.1 Å². The van der Waals surface area contributed by atoms with E-state index in [-0.39, 0.29) is 35.0 Å². The van der Waals surface area contributed by atoms with Gasteiger partial charge in [0.2, 0.25) is 0 Å². The number of nitrogens with zero attached hydrogens (tertiary/aromatic N) is 2. The van der Waals surface area contributed by atoms with Gasteiger partial charge in [-0.2, -0.15) is 0 Å². The molecule has 28 heavy (non-hydrogen) atoms. The molecule has 0 heterocycles. The highest BCUT2D eigenvalue weighted by Crippen LogP contribution is 2.23. The van der Waals surface area contributed by atoms with E-state index in [1.165, 1.54) is 6.07 Å². The van der Waals surface area contributed by atoms with E-state index < -0.39 is 10.8 Å². The van der Waals surface area contributed by atoms with Crippen LogP contribution in [0.1, 0.15) is 43.7 Å². The summed E-state index contributed by atoms with van der Waals surface area (Å²) in [5, 5.41) is 7.07. The van der Waals surface area contributed by atoms with Crippen LogP contribution in [-0.4, -0.2) is 53.3 Å². The molecule has 0 bridgehead atoms. The van der Waals surface area contributed by atoms with Gasteiger partial charge < -0.3 is 15.5 Å². The normalized spacial score (nSPS) is 21.1. The van der Waals surface area contributed by atoms with Crippen LogP contribution in [0.15, 0.2) is 23.2 Å². The van der Waals surface area contributed by atoms with Crippen LogP contribution in [0.25, 0.3) is 0 Å². The molecule has 0 radical (unpaired) electrons. The molecule has 1 aliphatic rings. The summed E-state index contributed by atoms with van der Waals surface area (Å²) in [5.41, 5.74) is 1.71. The zero-order valence-corrected chi connectivity index (χ0v) is 20.5. The molecule has 0 saturated heterocycles. The molecule has 0 amide bonds. The minimum absolute atomic E-state index is 0. The van der Waals surface area contributed by atoms with Crippen molar-refractivity contribution in [1.82, 2.24) is 15.5 Å². The van der Waals surface area contributed by atoms with Crippen molar-refractivity contribution in [3.63, 3.8) is 0 Å². The molecule has 0 aromatic heterocycles. The van der Waals surface area contributed by atoms with Crippen LogP contribution < -0.4 is 10.6 Å². The molecule has 2 rings (SSSR count). The third-order valence-electron chi connectivity index (χ3n) is 4.90. The Kier molecular flexibility index (Phi) is 11.5. The van der Waals surface area contributed by atoms with Gasteiger partial charge in [0, 0.05) is 53.5 Å². The first-order valence-electron chi connectivity index (χ1n) is 9.69. The Morgan fingerprint density at radius 1 is 1.36 bits per heavy atom. The minimum atomic E-state index is -0.734. The molecular weight excluding hydrogens is 490 g/mol. The first-order chi connectivity index (χ1) is 12.9. The van der Waals surface area contributed by atoms with Crippen LogP contribution >= 0.6 is 24.0 Å². The fourth-order valence-electron chi connectivity index (χ4n) is 3.52. The van der Waals surface area contributed by atoms with Gasteiger partial charge in [0.25, 0.3) is 0 Å². The Bertz CT molecular complexity index is 672. The smallest absolute Gasteiger partial charge is 0.191 e. The molecule has 0 aliphatic heterocycles. The first-order valence-corrected chi connectivity index (χ1v) is 11.1. The summed E-state index contributed by atoms with van der Waals surface area (Å²) in [6.07, 6.45) is 4.14. The Morgan fingerprint density at radius 2 is 2.11 bits per heavy atom. The summed E-state index contributed by atoms with van der Waals surface area (Å²) < 4.78 is 26.0. The van der Waals surface area contributed by atoms with Gasteiger partial charge in [-0.1, -0.05) is 19.4 Å². The lowest BCUT2D eigenvalue weighted by atomic mass is 9.95. The van der Waals surface area contributed by atoms with E-state index in [2.05, 4.69) is 15.6 Å². The van der Waals surface area contributed by atoms with Crippen molar-refractivity contribution in [2.45, 2.75) is 57.0 Å². The van der Waals surface area contributed by atoms with E-state index in [0.717, 1.165) is 43.0 Å². The zero-order valence-electron chi connectivity index (χ0n) is 17.3. The van der Waals surface area contributed by atoms with Crippen LogP contribution in [0, 0.1) is 5.82 Å². The Morgan fingerprint density at radius 3 is 2.75 bits per heavy atom. The Labute approximate surface area is 188 Å². The van der Waals surface area contributed by atoms with Crippen LogP contribution in [0.3, 0.4) is 0 Å². The lowest BCUT2D eigenvalue weighted by Gasteiger charge is -2.30. The Hall–Kier alpha value is -0.740. The second kappa shape index (κ2) is 12.7. The number of benzene rings is 1. The molecule has 1 saturated carbocycles. The molecular formula is C20H34FIN4OS. The molecule has 3 unspecified atom stereocenters. The molecule has 1 fully saturated rings. The number of aliphatic imine (C=N–C) groups is 1. The van der Waals surface area contributed by atoms with Gasteiger partial charge in [-0.15, -0.1) is 24.0 Å². The summed E-state index contributed by atoms with van der Waals surface area (Å²) in [5.74, 6) is 1.29. The maximum atomic E-state index is 13.9. The topological polar surface area (TPSA) is 56.7 Å². The third kappa shape index (κ3) is 7.94. The van der Waals surface area contributed by atoms with Gasteiger partial charge in [0.05, 0.1) is 0 Å². The van der Waals surface area contributed by atoms with Gasteiger partial charge >= 0.3 is 0 Å². The van der Waals surface area contributed by atoms with E-state index in [9.17, 15) is 8.60 Å². The predicted molar refractivity (Wildman–Crippen MR) is 127 cm³/mol. The van der Waals surface area contributed by atoms with Gasteiger partial charge in [-0.25, -0.2) is 4.39 Å². The van der Waals surface area contributed by atoms with Crippen LogP contribution in [0.5, 0.6) is 0 Å². The highest BCUT2D eigenvalue weighted by Gasteiger charge is 2.26. The Balaban J connectivity index is 0.00000392. The number of hydrogen-bond donors (Lipinski definition) is 2. The number of rotatable bonds is 7. The van der Waals surface area contributed by atoms with Crippen LogP contribution in [0.2, 0.25) is 0 Å². The fourth-order valence-corrected chi connectivity index (χ4v) is 4.87. The highest BCUT2D eigenvalue weighted by molar-refractivity contribution is 14.0. The maximum Gasteiger partial charge on any atom is 0.191 e. The van der Waals surface area contributed by atoms with E-state index in [1.807, 2.05) is 32.0 Å². The number of hydrogen-bond acceptors (Lipinski definition) is 3. The summed E-state index contributed by atoms with van der Waals surface area (Å²) in [6, 6.07) is 5.52. The van der Waals surface area contributed by atoms with Crippen molar-refractivity contribution in [1.29, 1.82) is 0 Å².